The number of carbonyl (C=O) groups is 1. The molecule has 0 aliphatic rings. The van der Waals surface area contributed by atoms with Gasteiger partial charge in [0.1, 0.15) is 10.6 Å². The van der Waals surface area contributed by atoms with E-state index in [2.05, 4.69) is 10.3 Å². The maximum atomic E-state index is 12.1. The Morgan fingerprint density at radius 1 is 1.33 bits per heavy atom. The van der Waals surface area contributed by atoms with Crippen molar-refractivity contribution >= 4 is 21.6 Å². The predicted molar refractivity (Wildman–Crippen MR) is 77.0 cm³/mol. The Morgan fingerprint density at radius 2 is 2.05 bits per heavy atom. The van der Waals surface area contributed by atoms with Crippen LogP contribution in [-0.4, -0.2) is 30.4 Å². The molecule has 0 spiro atoms. The van der Waals surface area contributed by atoms with Gasteiger partial charge in [0.15, 0.2) is 0 Å². The van der Waals surface area contributed by atoms with Crippen LogP contribution in [0.25, 0.3) is 0 Å². The quantitative estimate of drug-likeness (QED) is 0.700. The third-order valence-corrected chi connectivity index (χ3v) is 3.66. The Balaban J connectivity index is 2.23. The number of anilines is 1. The average Bonchev–Trinajstić information content (AvgIpc) is 2.87. The van der Waals surface area contributed by atoms with Crippen LogP contribution in [0.5, 0.6) is 0 Å². The molecule has 2 rings (SSSR count). The molecule has 2 aromatic rings. The van der Waals surface area contributed by atoms with Gasteiger partial charge in [-0.25, -0.2) is 18.5 Å². The van der Waals surface area contributed by atoms with Gasteiger partial charge in [0.05, 0.1) is 12.0 Å². The van der Waals surface area contributed by atoms with Gasteiger partial charge in [-0.15, -0.1) is 0 Å². The van der Waals surface area contributed by atoms with Gasteiger partial charge in [0.25, 0.3) is 5.91 Å². The third kappa shape index (κ3) is 3.66. The monoisotopic (exact) mass is 309 g/mol. The van der Waals surface area contributed by atoms with Crippen molar-refractivity contribution in [1.82, 2.24) is 9.55 Å². The van der Waals surface area contributed by atoms with Crippen LogP contribution in [0, 0.1) is 0 Å². The first-order chi connectivity index (χ1) is 9.91. The van der Waals surface area contributed by atoms with Crippen molar-refractivity contribution in [2.75, 3.05) is 11.9 Å². The van der Waals surface area contributed by atoms with Crippen LogP contribution >= 0.6 is 0 Å². The number of imidazole rings is 1. The average molecular weight is 309 g/mol. The van der Waals surface area contributed by atoms with E-state index >= 15 is 0 Å². The lowest BCUT2D eigenvalue weighted by atomic mass is 10.3. The van der Waals surface area contributed by atoms with Gasteiger partial charge in [-0.3, -0.25) is 4.79 Å². The molecule has 0 atom stereocenters. The first kappa shape index (κ1) is 15.2. The minimum absolute atomic E-state index is 0.110. The lowest BCUT2D eigenvalue weighted by Crippen LogP contribution is -2.18. The summed E-state index contributed by atoms with van der Waals surface area (Å²) >= 11 is 0. The number of nitrogens with zero attached hydrogens (tertiary/aromatic N) is 2. The highest BCUT2D eigenvalue weighted by Gasteiger charge is 2.16. The minimum Gasteiger partial charge on any atom is -0.335 e. The van der Waals surface area contributed by atoms with E-state index in [9.17, 15) is 13.2 Å². The van der Waals surface area contributed by atoms with Gasteiger partial charge in [0.2, 0.25) is 10.0 Å². The summed E-state index contributed by atoms with van der Waals surface area (Å²) in [6.45, 7) is 0.958. The maximum Gasteiger partial charge on any atom is 0.275 e. The SMILES string of the molecule is NCCn1cnc(C(=O)Nc2ccccc2S(N)(=O)=O)c1. The molecular weight excluding hydrogens is 294 g/mol. The van der Waals surface area contributed by atoms with Crippen molar-refractivity contribution in [2.45, 2.75) is 11.4 Å². The second-order valence-electron chi connectivity index (χ2n) is 4.28. The van der Waals surface area contributed by atoms with Gasteiger partial charge < -0.3 is 15.6 Å². The summed E-state index contributed by atoms with van der Waals surface area (Å²) in [6.07, 6.45) is 3.01. The summed E-state index contributed by atoms with van der Waals surface area (Å²) in [5.41, 5.74) is 5.68. The zero-order valence-electron chi connectivity index (χ0n) is 11.1. The van der Waals surface area contributed by atoms with Gasteiger partial charge in [-0.2, -0.15) is 0 Å². The Labute approximate surface area is 121 Å². The fourth-order valence-electron chi connectivity index (χ4n) is 1.75. The van der Waals surface area contributed by atoms with Gasteiger partial charge in [0, 0.05) is 19.3 Å². The molecule has 0 aliphatic heterocycles. The standard InChI is InChI=1S/C12H15N5O3S/c13-5-6-17-7-10(15-8-17)12(18)16-9-3-1-2-4-11(9)21(14,19)20/h1-4,7-8H,5-6,13H2,(H,16,18)(H2,14,19,20). The van der Waals surface area contributed by atoms with Gasteiger partial charge in [-0.1, -0.05) is 12.1 Å². The molecule has 1 aromatic heterocycles. The highest BCUT2D eigenvalue weighted by Crippen LogP contribution is 2.19. The minimum atomic E-state index is -3.92. The van der Waals surface area contributed by atoms with Crippen LogP contribution in [0.1, 0.15) is 10.5 Å². The predicted octanol–water partition coefficient (Wildman–Crippen LogP) is -0.258. The van der Waals surface area contributed by atoms with Crippen molar-refractivity contribution in [1.29, 1.82) is 0 Å². The molecule has 0 bridgehead atoms. The fourth-order valence-corrected chi connectivity index (χ4v) is 2.45. The second kappa shape index (κ2) is 6.04. The molecule has 0 saturated heterocycles. The van der Waals surface area contributed by atoms with Crippen LogP contribution in [0.15, 0.2) is 41.7 Å². The largest absolute Gasteiger partial charge is 0.335 e. The molecule has 21 heavy (non-hydrogen) atoms. The zero-order valence-corrected chi connectivity index (χ0v) is 11.9. The number of para-hydroxylation sites is 1. The number of nitrogens with two attached hydrogens (primary N) is 2. The molecule has 1 aromatic carbocycles. The first-order valence-electron chi connectivity index (χ1n) is 6.07. The van der Waals surface area contributed by atoms with E-state index < -0.39 is 15.9 Å². The highest BCUT2D eigenvalue weighted by molar-refractivity contribution is 7.89. The van der Waals surface area contributed by atoms with E-state index in [1.165, 1.54) is 30.7 Å². The van der Waals surface area contributed by atoms with Crippen molar-refractivity contribution in [3.8, 4) is 0 Å². The van der Waals surface area contributed by atoms with E-state index in [0.717, 1.165) is 0 Å². The Hall–Kier alpha value is -2.23. The lowest BCUT2D eigenvalue weighted by Gasteiger charge is -2.08. The van der Waals surface area contributed by atoms with E-state index in [1.54, 1.807) is 10.6 Å². The van der Waals surface area contributed by atoms with Gasteiger partial charge in [-0.05, 0) is 12.1 Å². The van der Waals surface area contributed by atoms with Crippen LogP contribution in [0.4, 0.5) is 5.69 Å². The fraction of sp³-hybridized carbons (Fsp3) is 0.167. The van der Waals surface area contributed by atoms with Crippen molar-refractivity contribution in [3.63, 3.8) is 0 Å². The van der Waals surface area contributed by atoms with Crippen molar-refractivity contribution < 1.29 is 13.2 Å². The van der Waals surface area contributed by atoms with E-state index in [4.69, 9.17) is 10.9 Å². The molecule has 8 nitrogen and oxygen atoms in total. The molecule has 9 heteroatoms. The Bertz CT molecular complexity index is 754. The summed E-state index contributed by atoms with van der Waals surface area (Å²) in [6, 6.07) is 5.88. The number of primary sulfonamides is 1. The zero-order chi connectivity index (χ0) is 15.5. The maximum absolute atomic E-state index is 12.1. The molecule has 0 unspecified atom stereocenters. The molecule has 5 N–H and O–H groups in total. The number of benzene rings is 1. The van der Waals surface area contributed by atoms with Crippen LogP contribution < -0.4 is 16.2 Å². The topological polar surface area (TPSA) is 133 Å². The molecular formula is C12H15N5O3S. The molecule has 0 fully saturated rings. The number of carbonyl (C=O) groups excluding carboxylic acids is 1. The number of aromatic nitrogens is 2. The summed E-state index contributed by atoms with van der Waals surface area (Å²) in [5, 5.41) is 7.59. The van der Waals surface area contributed by atoms with Gasteiger partial charge >= 0.3 is 0 Å². The number of sulfonamides is 1. The molecule has 112 valence electrons. The second-order valence-corrected chi connectivity index (χ2v) is 5.81. The lowest BCUT2D eigenvalue weighted by molar-refractivity contribution is 0.102. The number of nitrogens with one attached hydrogen (secondary N) is 1. The number of rotatable bonds is 5. The van der Waals surface area contributed by atoms with Crippen molar-refractivity contribution in [3.05, 3.63) is 42.5 Å². The summed E-state index contributed by atoms with van der Waals surface area (Å²) in [5.74, 6) is -0.526. The Morgan fingerprint density at radius 3 is 2.71 bits per heavy atom. The molecule has 1 amide bonds. The van der Waals surface area contributed by atoms with E-state index in [0.29, 0.717) is 13.1 Å². The molecule has 1 heterocycles. The van der Waals surface area contributed by atoms with Crippen molar-refractivity contribution in [2.24, 2.45) is 10.9 Å². The number of hydrogen-bond donors (Lipinski definition) is 3. The first-order valence-corrected chi connectivity index (χ1v) is 7.61. The Kier molecular flexibility index (Phi) is 4.36. The molecule has 0 saturated carbocycles. The smallest absolute Gasteiger partial charge is 0.275 e. The number of hydrogen-bond acceptors (Lipinski definition) is 5. The van der Waals surface area contributed by atoms with E-state index in [-0.39, 0.29) is 16.3 Å². The summed E-state index contributed by atoms with van der Waals surface area (Å²) in [4.78, 5) is 15.8. The highest BCUT2D eigenvalue weighted by atomic mass is 32.2. The molecule has 0 radical (unpaired) electrons. The van der Waals surface area contributed by atoms with Crippen LogP contribution in [0.2, 0.25) is 0 Å². The number of amides is 1. The van der Waals surface area contributed by atoms with Crippen LogP contribution in [0.3, 0.4) is 0 Å². The summed E-state index contributed by atoms with van der Waals surface area (Å²) in [7, 11) is -3.92. The molecule has 0 aliphatic carbocycles. The third-order valence-electron chi connectivity index (χ3n) is 2.69. The van der Waals surface area contributed by atoms with Crippen LogP contribution in [-0.2, 0) is 16.6 Å². The normalized spacial score (nSPS) is 11.3. The van der Waals surface area contributed by atoms with E-state index in [1.807, 2.05) is 0 Å². The summed E-state index contributed by atoms with van der Waals surface area (Å²) < 4.78 is 24.6.